The molecule has 0 saturated heterocycles. The van der Waals surface area contributed by atoms with E-state index in [1.165, 1.54) is 0 Å². The highest BCUT2D eigenvalue weighted by Crippen LogP contribution is 2.20. The molecule has 0 spiro atoms. The van der Waals surface area contributed by atoms with Crippen molar-refractivity contribution in [3.63, 3.8) is 0 Å². The molecular weight excluding hydrogens is 610 g/mol. The Kier molecular flexibility index (Phi) is 22.9. The van der Waals surface area contributed by atoms with Crippen LogP contribution in [0.3, 0.4) is 0 Å². The van der Waals surface area contributed by atoms with E-state index in [0.29, 0.717) is 72.1 Å². The summed E-state index contributed by atoms with van der Waals surface area (Å²) in [6.07, 6.45) is 2.17. The second kappa shape index (κ2) is 24.3. The highest BCUT2D eigenvalue weighted by molar-refractivity contribution is 5.95. The van der Waals surface area contributed by atoms with E-state index in [0.717, 1.165) is 6.42 Å². The van der Waals surface area contributed by atoms with Crippen LogP contribution < -0.4 is 27.0 Å². The van der Waals surface area contributed by atoms with E-state index in [9.17, 15) is 24.0 Å². The fourth-order valence-corrected chi connectivity index (χ4v) is 4.12. The fourth-order valence-electron chi connectivity index (χ4n) is 4.12. The van der Waals surface area contributed by atoms with Crippen LogP contribution in [0.15, 0.2) is 0 Å². The number of carbonyl (C=O) groups is 5. The Labute approximate surface area is 281 Å². The number of nitrogens with one attached hydrogen (secondary N) is 4. The van der Waals surface area contributed by atoms with Crippen molar-refractivity contribution in [2.24, 2.45) is 22.5 Å². The molecule has 2 atom stereocenters. The van der Waals surface area contributed by atoms with Gasteiger partial charge in [0.05, 0.1) is 58.9 Å². The molecule has 0 rings (SSSR count). The number of amides is 5. The summed E-state index contributed by atoms with van der Waals surface area (Å²) in [6.45, 7) is 18.9. The summed E-state index contributed by atoms with van der Waals surface area (Å²) < 4.78 is 21.9. The summed E-state index contributed by atoms with van der Waals surface area (Å²) in [5, 5.41) is 10.9. The average Bonchev–Trinajstić information content (AvgIpc) is 2.96. The van der Waals surface area contributed by atoms with Gasteiger partial charge in [0.25, 0.3) is 0 Å². The average molecular weight is 674 g/mol. The van der Waals surface area contributed by atoms with Crippen molar-refractivity contribution in [2.75, 3.05) is 65.9 Å². The zero-order valence-corrected chi connectivity index (χ0v) is 30.1. The Morgan fingerprint density at radius 1 is 0.660 bits per heavy atom. The van der Waals surface area contributed by atoms with Crippen molar-refractivity contribution in [3.05, 3.63) is 0 Å². The topological polar surface area (TPSA) is 196 Å². The quantitative estimate of drug-likeness (QED) is 0.0854. The van der Waals surface area contributed by atoms with E-state index in [4.69, 9.17) is 24.7 Å². The number of nitrogens with two attached hydrogens (primary N) is 1. The van der Waals surface area contributed by atoms with Crippen molar-refractivity contribution >= 4 is 29.5 Å². The second-order valence-electron chi connectivity index (χ2n) is 14.0. The lowest BCUT2D eigenvalue weighted by Crippen LogP contribution is -2.55. The minimum Gasteiger partial charge on any atom is -0.379 e. The molecule has 0 aliphatic rings. The molecule has 6 N–H and O–H groups in total. The van der Waals surface area contributed by atoms with Crippen LogP contribution in [-0.2, 0) is 38.1 Å². The second-order valence-corrected chi connectivity index (χ2v) is 14.0. The first-order chi connectivity index (χ1) is 21.9. The smallest absolute Gasteiger partial charge is 0.312 e. The highest BCUT2D eigenvalue weighted by Gasteiger charge is 2.33. The molecule has 0 aliphatic heterocycles. The Morgan fingerprint density at radius 2 is 1.19 bits per heavy atom. The third kappa shape index (κ3) is 25.0. The molecule has 14 heteroatoms. The minimum atomic E-state index is -0.834. The monoisotopic (exact) mass is 673 g/mol. The summed E-state index contributed by atoms with van der Waals surface area (Å²) in [7, 11) is 0. The molecule has 0 bridgehead atoms. The molecule has 0 aromatic carbocycles. The molecule has 14 nitrogen and oxygen atoms in total. The van der Waals surface area contributed by atoms with Gasteiger partial charge >= 0.3 is 6.03 Å². The van der Waals surface area contributed by atoms with Crippen LogP contribution in [0.25, 0.3) is 0 Å². The maximum atomic E-state index is 13.1. The van der Waals surface area contributed by atoms with Gasteiger partial charge in [-0.3, -0.25) is 19.2 Å². The van der Waals surface area contributed by atoms with Gasteiger partial charge in [0.15, 0.2) is 5.78 Å². The largest absolute Gasteiger partial charge is 0.379 e. The summed E-state index contributed by atoms with van der Waals surface area (Å²) in [6, 6.07) is -2.26. The van der Waals surface area contributed by atoms with Crippen molar-refractivity contribution in [2.45, 2.75) is 99.6 Å². The number of ketones is 1. The van der Waals surface area contributed by atoms with Crippen LogP contribution >= 0.6 is 0 Å². The zero-order chi connectivity index (χ0) is 35.9. The number of rotatable bonds is 26. The molecule has 0 fully saturated rings. The molecule has 274 valence electrons. The van der Waals surface area contributed by atoms with Crippen LogP contribution in [0.2, 0.25) is 0 Å². The van der Waals surface area contributed by atoms with Crippen LogP contribution in [0.5, 0.6) is 0 Å². The lowest BCUT2D eigenvalue weighted by Gasteiger charge is -2.28. The van der Waals surface area contributed by atoms with Crippen molar-refractivity contribution in [3.8, 4) is 0 Å². The standard InChI is InChI=1S/C33H63N5O9/c1-24(2)28(30(42)37-25(29(41)33(6,7)8)10-9-14-36-31(34)43)38-27(40)12-16-44-18-20-46-22-23-47-21-19-45-17-15-35-26(39)11-13-32(3,4)5/h24-25,28H,9-23H2,1-8H3,(H,35,39)(H,37,42)(H,38,40)(H3,34,36,43)/t25-,28-/m0/s1. The molecule has 0 aliphatic carbocycles. The Morgan fingerprint density at radius 3 is 1.68 bits per heavy atom. The lowest BCUT2D eigenvalue weighted by atomic mass is 9.84. The van der Waals surface area contributed by atoms with Gasteiger partial charge in [-0.25, -0.2) is 4.79 Å². The lowest BCUT2D eigenvalue weighted by molar-refractivity contribution is -0.135. The normalized spacial score (nSPS) is 13.1. The zero-order valence-electron chi connectivity index (χ0n) is 30.1. The number of Topliss-reactive ketones (excluding diaryl/α,β-unsaturated/α-hetero) is 1. The van der Waals surface area contributed by atoms with Crippen molar-refractivity contribution in [1.29, 1.82) is 0 Å². The number of ether oxygens (including phenoxy) is 4. The predicted molar refractivity (Wildman–Crippen MR) is 180 cm³/mol. The maximum absolute atomic E-state index is 13.1. The summed E-state index contributed by atoms with van der Waals surface area (Å²) >= 11 is 0. The van der Waals surface area contributed by atoms with Gasteiger partial charge in [0, 0.05) is 31.3 Å². The molecule has 0 aromatic rings. The Balaban J connectivity index is 4.14. The fraction of sp³-hybridized carbons (Fsp3) is 0.848. The van der Waals surface area contributed by atoms with Crippen LogP contribution in [0.4, 0.5) is 4.79 Å². The highest BCUT2D eigenvalue weighted by atomic mass is 16.6. The van der Waals surface area contributed by atoms with E-state index in [-0.39, 0.29) is 48.5 Å². The molecule has 0 heterocycles. The van der Waals surface area contributed by atoms with Crippen molar-refractivity contribution in [1.82, 2.24) is 21.3 Å². The van der Waals surface area contributed by atoms with E-state index >= 15 is 0 Å². The molecule has 5 amide bonds. The number of primary amides is 1. The van der Waals surface area contributed by atoms with Crippen LogP contribution in [-0.4, -0.2) is 108 Å². The predicted octanol–water partition coefficient (Wildman–Crippen LogP) is 2.07. The summed E-state index contributed by atoms with van der Waals surface area (Å²) in [5.74, 6) is -1.12. The number of carbonyl (C=O) groups excluding carboxylic acids is 5. The first-order valence-electron chi connectivity index (χ1n) is 16.7. The first-order valence-corrected chi connectivity index (χ1v) is 16.7. The molecule has 47 heavy (non-hydrogen) atoms. The third-order valence-corrected chi connectivity index (χ3v) is 6.87. The van der Waals surface area contributed by atoms with Gasteiger partial charge in [-0.15, -0.1) is 0 Å². The van der Waals surface area contributed by atoms with E-state index < -0.39 is 29.4 Å². The number of urea groups is 1. The molecule has 0 unspecified atom stereocenters. The third-order valence-electron chi connectivity index (χ3n) is 6.87. The van der Waals surface area contributed by atoms with Crippen LogP contribution in [0.1, 0.15) is 87.5 Å². The Hall–Kier alpha value is -2.81. The van der Waals surface area contributed by atoms with E-state index in [1.54, 1.807) is 20.8 Å². The maximum Gasteiger partial charge on any atom is 0.312 e. The van der Waals surface area contributed by atoms with Gasteiger partial charge in [-0.05, 0) is 30.6 Å². The molecular formula is C33H63N5O9. The summed E-state index contributed by atoms with van der Waals surface area (Å²) in [4.78, 5) is 61.4. The van der Waals surface area contributed by atoms with Gasteiger partial charge in [-0.2, -0.15) is 0 Å². The SMILES string of the molecule is CC(C)[C@H](NC(=O)CCOCCOCCOCCOCCNC(=O)CCC(C)(C)C)C(=O)N[C@@H](CCCNC(N)=O)C(=O)C(C)(C)C. The molecule has 0 radical (unpaired) electrons. The summed E-state index contributed by atoms with van der Waals surface area (Å²) in [5.41, 5.74) is 4.54. The molecule has 0 aromatic heterocycles. The Bertz CT molecular complexity index is 932. The van der Waals surface area contributed by atoms with E-state index in [1.807, 2.05) is 13.8 Å². The van der Waals surface area contributed by atoms with Crippen molar-refractivity contribution < 1.29 is 42.9 Å². The number of hydrogen-bond donors (Lipinski definition) is 5. The van der Waals surface area contributed by atoms with Gasteiger partial charge in [-0.1, -0.05) is 55.4 Å². The van der Waals surface area contributed by atoms with E-state index in [2.05, 4.69) is 42.0 Å². The van der Waals surface area contributed by atoms with Crippen LogP contribution in [0, 0.1) is 16.7 Å². The van der Waals surface area contributed by atoms with Gasteiger partial charge in [0.2, 0.25) is 17.7 Å². The van der Waals surface area contributed by atoms with Gasteiger partial charge in [0.1, 0.15) is 6.04 Å². The first kappa shape index (κ1) is 44.2. The van der Waals surface area contributed by atoms with Gasteiger partial charge < -0.3 is 45.9 Å². The molecule has 0 saturated carbocycles. The number of hydrogen-bond acceptors (Lipinski definition) is 9. The minimum absolute atomic E-state index is 0.0366.